The zero-order valence-electron chi connectivity index (χ0n) is 14.0. The van der Waals surface area contributed by atoms with Crippen molar-refractivity contribution in [1.29, 1.82) is 0 Å². The van der Waals surface area contributed by atoms with E-state index in [1.807, 2.05) is 18.2 Å². The van der Waals surface area contributed by atoms with Crippen LogP contribution in [0.25, 0.3) is 0 Å². The summed E-state index contributed by atoms with van der Waals surface area (Å²) in [5.41, 5.74) is 0.869. The number of nitrogens with zero attached hydrogens (tertiary/aromatic N) is 1. The molecule has 0 saturated carbocycles. The minimum atomic E-state index is -0.564. The Hall–Kier alpha value is -2.89. The van der Waals surface area contributed by atoms with Crippen LogP contribution in [0.2, 0.25) is 0 Å². The second-order valence-electron chi connectivity index (χ2n) is 6.23. The van der Waals surface area contributed by atoms with E-state index in [9.17, 15) is 9.59 Å². The molecule has 6 heteroatoms. The monoisotopic (exact) mass is 327 g/mol. The Labute approximate surface area is 141 Å². The van der Waals surface area contributed by atoms with E-state index in [1.165, 1.54) is 0 Å². The maximum absolute atomic E-state index is 12.0. The second-order valence-corrected chi connectivity index (χ2v) is 6.23. The minimum Gasteiger partial charge on any atom is -0.444 e. The lowest BCUT2D eigenvalue weighted by Crippen LogP contribution is -2.27. The van der Waals surface area contributed by atoms with Crippen LogP contribution in [0, 0.1) is 0 Å². The normalized spacial score (nSPS) is 10.8. The van der Waals surface area contributed by atoms with Gasteiger partial charge in [0.2, 0.25) is 0 Å². The van der Waals surface area contributed by atoms with Gasteiger partial charge in [-0.15, -0.1) is 0 Å². The summed E-state index contributed by atoms with van der Waals surface area (Å²) in [7, 11) is 0. The third-order valence-corrected chi connectivity index (χ3v) is 2.94. The van der Waals surface area contributed by atoms with Crippen LogP contribution in [0.3, 0.4) is 0 Å². The predicted octanol–water partition coefficient (Wildman–Crippen LogP) is 3.36. The number of carbonyl (C=O) groups is 2. The molecule has 0 aliphatic rings. The number of nitrogens with one attached hydrogen (secondary N) is 2. The zero-order valence-corrected chi connectivity index (χ0v) is 14.0. The van der Waals surface area contributed by atoms with Crippen LogP contribution in [0.15, 0.2) is 48.7 Å². The second kappa shape index (κ2) is 7.59. The molecule has 6 nitrogen and oxygen atoms in total. The van der Waals surface area contributed by atoms with E-state index in [0.29, 0.717) is 17.9 Å². The van der Waals surface area contributed by atoms with Crippen molar-refractivity contribution in [2.24, 2.45) is 0 Å². The Balaban J connectivity index is 1.86. The Bertz CT molecular complexity index is 692. The van der Waals surface area contributed by atoms with Crippen molar-refractivity contribution >= 4 is 17.8 Å². The number of benzene rings is 1. The average molecular weight is 327 g/mol. The molecule has 0 aliphatic carbocycles. The predicted molar refractivity (Wildman–Crippen MR) is 91.7 cm³/mol. The lowest BCUT2D eigenvalue weighted by molar-refractivity contribution is 0.0635. The molecule has 0 aliphatic heterocycles. The number of amides is 2. The van der Waals surface area contributed by atoms with Crippen LogP contribution in [0.5, 0.6) is 0 Å². The zero-order chi connectivity index (χ0) is 17.6. The van der Waals surface area contributed by atoms with Gasteiger partial charge in [-0.2, -0.15) is 0 Å². The van der Waals surface area contributed by atoms with Crippen molar-refractivity contribution in [3.8, 4) is 0 Å². The summed E-state index contributed by atoms with van der Waals surface area (Å²) in [6.45, 7) is 5.73. The van der Waals surface area contributed by atoms with E-state index in [1.54, 1.807) is 51.2 Å². The number of rotatable bonds is 4. The van der Waals surface area contributed by atoms with Crippen molar-refractivity contribution in [3.63, 3.8) is 0 Å². The molecule has 1 aromatic heterocycles. The summed E-state index contributed by atoms with van der Waals surface area (Å²) < 4.78 is 5.15. The van der Waals surface area contributed by atoms with Crippen LogP contribution in [0.1, 0.15) is 36.7 Å². The van der Waals surface area contributed by atoms with Gasteiger partial charge in [0.15, 0.2) is 0 Å². The van der Waals surface area contributed by atoms with Gasteiger partial charge in [0.1, 0.15) is 11.4 Å². The molecule has 0 radical (unpaired) electrons. The van der Waals surface area contributed by atoms with Gasteiger partial charge in [0.05, 0.1) is 0 Å². The number of anilines is 1. The SMILES string of the molecule is CC(C)(C)OC(=O)Nc1ccc(CNC(=O)c2ccccc2)cn1. The molecule has 2 rings (SSSR count). The summed E-state index contributed by atoms with van der Waals surface area (Å²) in [5, 5.41) is 5.37. The largest absolute Gasteiger partial charge is 0.444 e. The quantitative estimate of drug-likeness (QED) is 0.902. The highest BCUT2D eigenvalue weighted by molar-refractivity contribution is 5.94. The fourth-order valence-corrected chi connectivity index (χ4v) is 1.89. The molecule has 2 aromatic rings. The van der Waals surface area contributed by atoms with Crippen molar-refractivity contribution in [1.82, 2.24) is 10.3 Å². The van der Waals surface area contributed by atoms with E-state index in [0.717, 1.165) is 5.56 Å². The van der Waals surface area contributed by atoms with Crippen LogP contribution in [-0.4, -0.2) is 22.6 Å². The first-order chi connectivity index (χ1) is 11.3. The maximum atomic E-state index is 12.0. The molecule has 24 heavy (non-hydrogen) atoms. The Morgan fingerprint density at radius 2 is 1.79 bits per heavy atom. The number of ether oxygens (including phenoxy) is 1. The molecule has 2 amide bonds. The molecule has 0 bridgehead atoms. The van der Waals surface area contributed by atoms with Gasteiger partial charge in [-0.3, -0.25) is 10.1 Å². The highest BCUT2D eigenvalue weighted by atomic mass is 16.6. The molecule has 0 fully saturated rings. The number of hydrogen-bond acceptors (Lipinski definition) is 4. The molecular formula is C18H21N3O3. The Kier molecular flexibility index (Phi) is 5.52. The first-order valence-corrected chi connectivity index (χ1v) is 7.62. The van der Waals surface area contributed by atoms with Crippen LogP contribution >= 0.6 is 0 Å². The van der Waals surface area contributed by atoms with Gasteiger partial charge >= 0.3 is 6.09 Å². The smallest absolute Gasteiger partial charge is 0.413 e. The van der Waals surface area contributed by atoms with Gasteiger partial charge in [-0.25, -0.2) is 9.78 Å². The lowest BCUT2D eigenvalue weighted by atomic mass is 10.2. The molecule has 0 saturated heterocycles. The minimum absolute atomic E-state index is 0.147. The van der Waals surface area contributed by atoms with Gasteiger partial charge in [0, 0.05) is 18.3 Å². The number of carbonyl (C=O) groups excluding carboxylic acids is 2. The molecule has 0 spiro atoms. The third kappa shape index (κ3) is 5.72. The lowest BCUT2D eigenvalue weighted by Gasteiger charge is -2.19. The number of hydrogen-bond donors (Lipinski definition) is 2. The van der Waals surface area contributed by atoms with Gasteiger partial charge in [-0.1, -0.05) is 24.3 Å². The molecule has 0 atom stereocenters. The first-order valence-electron chi connectivity index (χ1n) is 7.62. The summed E-state index contributed by atoms with van der Waals surface area (Å²) in [4.78, 5) is 27.7. The summed E-state index contributed by atoms with van der Waals surface area (Å²) >= 11 is 0. The summed E-state index contributed by atoms with van der Waals surface area (Å²) in [6, 6.07) is 12.4. The Morgan fingerprint density at radius 1 is 1.08 bits per heavy atom. The average Bonchev–Trinajstić information content (AvgIpc) is 2.53. The van der Waals surface area contributed by atoms with E-state index in [4.69, 9.17) is 4.74 Å². The van der Waals surface area contributed by atoms with E-state index in [-0.39, 0.29) is 5.91 Å². The van der Waals surface area contributed by atoms with Crippen molar-refractivity contribution < 1.29 is 14.3 Å². The third-order valence-electron chi connectivity index (χ3n) is 2.94. The molecule has 0 unspecified atom stereocenters. The van der Waals surface area contributed by atoms with Crippen LogP contribution < -0.4 is 10.6 Å². The molecule has 1 aromatic carbocycles. The highest BCUT2D eigenvalue weighted by Crippen LogP contribution is 2.10. The summed E-state index contributed by atoms with van der Waals surface area (Å²) in [5.74, 6) is 0.244. The highest BCUT2D eigenvalue weighted by Gasteiger charge is 2.16. The van der Waals surface area contributed by atoms with Crippen LogP contribution in [-0.2, 0) is 11.3 Å². The fraction of sp³-hybridized carbons (Fsp3) is 0.278. The first kappa shape index (κ1) is 17.5. The molecule has 126 valence electrons. The van der Waals surface area contributed by atoms with Gasteiger partial charge in [0.25, 0.3) is 5.91 Å². The van der Waals surface area contributed by atoms with E-state index < -0.39 is 11.7 Å². The van der Waals surface area contributed by atoms with Crippen molar-refractivity contribution in [3.05, 3.63) is 59.8 Å². The van der Waals surface area contributed by atoms with Crippen LogP contribution in [0.4, 0.5) is 10.6 Å². The van der Waals surface area contributed by atoms with Crippen molar-refractivity contribution in [2.45, 2.75) is 32.9 Å². The van der Waals surface area contributed by atoms with Gasteiger partial charge < -0.3 is 10.1 Å². The molecule has 1 heterocycles. The maximum Gasteiger partial charge on any atom is 0.413 e. The molecular weight excluding hydrogens is 306 g/mol. The number of aromatic nitrogens is 1. The standard InChI is InChI=1S/C18H21N3O3/c1-18(2,3)24-17(23)21-15-10-9-13(11-19-15)12-20-16(22)14-7-5-4-6-8-14/h4-11H,12H2,1-3H3,(H,20,22)(H,19,21,23). The fourth-order valence-electron chi connectivity index (χ4n) is 1.89. The summed E-state index contributed by atoms with van der Waals surface area (Å²) in [6.07, 6.45) is 1.04. The van der Waals surface area contributed by atoms with E-state index in [2.05, 4.69) is 15.6 Å². The Morgan fingerprint density at radius 3 is 2.38 bits per heavy atom. The molecule has 2 N–H and O–H groups in total. The van der Waals surface area contributed by atoms with E-state index >= 15 is 0 Å². The van der Waals surface area contributed by atoms with Gasteiger partial charge in [-0.05, 0) is 44.5 Å². The number of pyridine rings is 1. The topological polar surface area (TPSA) is 80.3 Å². The van der Waals surface area contributed by atoms with Crippen molar-refractivity contribution in [2.75, 3.05) is 5.32 Å².